The number of benzene rings is 2. The first-order valence-corrected chi connectivity index (χ1v) is 9.11. The summed E-state index contributed by atoms with van der Waals surface area (Å²) in [7, 11) is 0. The predicted octanol–water partition coefficient (Wildman–Crippen LogP) is 3.73. The number of carbonyl (C=O) groups is 1. The van der Waals surface area contributed by atoms with E-state index in [1.165, 1.54) is 6.07 Å². The Morgan fingerprint density at radius 1 is 1.04 bits per heavy atom. The Hall–Kier alpha value is -2.56. The fraction of sp³-hybridized carbons (Fsp3) is 0.381. The van der Waals surface area contributed by atoms with E-state index in [-0.39, 0.29) is 18.3 Å². The van der Waals surface area contributed by atoms with Crippen LogP contribution in [0.3, 0.4) is 0 Å². The Balaban J connectivity index is 1.58. The molecule has 2 aromatic carbocycles. The molecule has 1 N–H and O–H groups in total. The molecule has 0 atom stereocenters. The van der Waals surface area contributed by atoms with Crippen LogP contribution in [-0.2, 0) is 16.8 Å². The number of halogens is 1. The largest absolute Gasteiger partial charge is 0.486 e. The van der Waals surface area contributed by atoms with E-state index in [9.17, 15) is 9.18 Å². The summed E-state index contributed by atoms with van der Waals surface area (Å²) >= 11 is 0. The molecule has 1 aliphatic heterocycles. The van der Waals surface area contributed by atoms with Crippen molar-refractivity contribution in [3.63, 3.8) is 0 Å². The van der Waals surface area contributed by atoms with Crippen LogP contribution >= 0.6 is 0 Å². The van der Waals surface area contributed by atoms with Crippen molar-refractivity contribution in [1.29, 1.82) is 0 Å². The average molecular weight is 355 g/mol. The van der Waals surface area contributed by atoms with E-state index in [1.54, 1.807) is 18.2 Å². The maximum atomic E-state index is 13.8. The maximum absolute atomic E-state index is 13.8. The molecule has 1 amide bonds. The topological polar surface area (TPSA) is 47.6 Å². The molecule has 0 spiro atoms. The Morgan fingerprint density at radius 3 is 2.54 bits per heavy atom. The third-order valence-electron chi connectivity index (χ3n) is 5.38. The van der Waals surface area contributed by atoms with Crippen LogP contribution in [0.25, 0.3) is 0 Å². The highest BCUT2D eigenvalue weighted by molar-refractivity contribution is 5.88. The standard InChI is InChI=1S/C21H22FNO3/c22-17-6-2-1-5-15(17)14-23-20(24)21(9-3-4-10-21)16-7-8-18-19(13-16)26-12-11-25-18/h1-2,5-8,13H,3-4,9-12,14H2,(H,23,24). The predicted molar refractivity (Wildman–Crippen MR) is 95.8 cm³/mol. The minimum absolute atomic E-state index is 0.0464. The second-order valence-electron chi connectivity index (χ2n) is 6.92. The lowest BCUT2D eigenvalue weighted by molar-refractivity contribution is -0.126. The molecule has 1 heterocycles. The summed E-state index contributed by atoms with van der Waals surface area (Å²) in [5, 5.41) is 2.95. The smallest absolute Gasteiger partial charge is 0.230 e. The van der Waals surface area contributed by atoms with Gasteiger partial charge in [-0.1, -0.05) is 37.1 Å². The number of fused-ring (bicyclic) bond motifs is 1. The first-order chi connectivity index (χ1) is 12.7. The van der Waals surface area contributed by atoms with Crippen LogP contribution in [0, 0.1) is 5.82 Å². The quantitative estimate of drug-likeness (QED) is 0.909. The highest BCUT2D eigenvalue weighted by Crippen LogP contribution is 2.44. The number of amides is 1. The van der Waals surface area contributed by atoms with Gasteiger partial charge in [0.05, 0.1) is 5.41 Å². The molecule has 2 aromatic rings. The van der Waals surface area contributed by atoms with E-state index >= 15 is 0 Å². The summed E-state index contributed by atoms with van der Waals surface area (Å²) in [6, 6.07) is 12.3. The second kappa shape index (κ2) is 6.98. The van der Waals surface area contributed by atoms with Gasteiger partial charge in [0.15, 0.2) is 11.5 Å². The Kier molecular flexibility index (Phi) is 4.53. The maximum Gasteiger partial charge on any atom is 0.230 e. The van der Waals surface area contributed by atoms with Crippen LogP contribution in [0.4, 0.5) is 4.39 Å². The molecule has 0 radical (unpaired) electrons. The summed E-state index contributed by atoms with van der Waals surface area (Å²) in [5.74, 6) is 1.07. The number of nitrogens with one attached hydrogen (secondary N) is 1. The van der Waals surface area contributed by atoms with E-state index in [4.69, 9.17) is 9.47 Å². The molecule has 0 bridgehead atoms. The van der Waals surface area contributed by atoms with Gasteiger partial charge in [-0.05, 0) is 36.6 Å². The van der Waals surface area contributed by atoms with Gasteiger partial charge in [0.25, 0.3) is 0 Å². The van der Waals surface area contributed by atoms with E-state index in [0.29, 0.717) is 24.5 Å². The van der Waals surface area contributed by atoms with Crippen LogP contribution in [0.15, 0.2) is 42.5 Å². The van der Waals surface area contributed by atoms with Crippen molar-refractivity contribution in [1.82, 2.24) is 5.32 Å². The van der Waals surface area contributed by atoms with Gasteiger partial charge in [-0.15, -0.1) is 0 Å². The Bertz CT molecular complexity index is 815. The molecular formula is C21H22FNO3. The van der Waals surface area contributed by atoms with Gasteiger partial charge in [0.2, 0.25) is 5.91 Å². The molecule has 1 fully saturated rings. The normalized spacial score (nSPS) is 17.7. The van der Waals surface area contributed by atoms with E-state index in [2.05, 4.69) is 5.32 Å². The zero-order chi connectivity index (χ0) is 18.0. The van der Waals surface area contributed by atoms with Crippen molar-refractivity contribution < 1.29 is 18.7 Å². The fourth-order valence-electron chi connectivity index (χ4n) is 3.95. The molecule has 0 saturated heterocycles. The molecule has 26 heavy (non-hydrogen) atoms. The van der Waals surface area contributed by atoms with Crippen LogP contribution < -0.4 is 14.8 Å². The Labute approximate surface area is 152 Å². The fourth-order valence-corrected chi connectivity index (χ4v) is 3.95. The minimum Gasteiger partial charge on any atom is -0.486 e. The van der Waals surface area contributed by atoms with Gasteiger partial charge in [-0.25, -0.2) is 4.39 Å². The molecule has 1 aliphatic carbocycles. The molecule has 4 nitrogen and oxygen atoms in total. The molecule has 1 saturated carbocycles. The number of ether oxygens (including phenoxy) is 2. The molecule has 2 aliphatic rings. The molecule has 0 unspecified atom stereocenters. The molecular weight excluding hydrogens is 333 g/mol. The highest BCUT2D eigenvalue weighted by Gasteiger charge is 2.43. The van der Waals surface area contributed by atoms with E-state index in [1.807, 2.05) is 18.2 Å². The second-order valence-corrected chi connectivity index (χ2v) is 6.92. The molecule has 0 aromatic heterocycles. The van der Waals surface area contributed by atoms with Gasteiger partial charge in [-0.2, -0.15) is 0 Å². The minimum atomic E-state index is -0.582. The summed E-state index contributed by atoms with van der Waals surface area (Å²) < 4.78 is 25.1. The number of hydrogen-bond acceptors (Lipinski definition) is 3. The van der Waals surface area contributed by atoms with E-state index < -0.39 is 5.41 Å². The van der Waals surface area contributed by atoms with Gasteiger partial charge >= 0.3 is 0 Å². The third-order valence-corrected chi connectivity index (χ3v) is 5.38. The van der Waals surface area contributed by atoms with E-state index in [0.717, 1.165) is 37.0 Å². The first-order valence-electron chi connectivity index (χ1n) is 9.11. The summed E-state index contributed by atoms with van der Waals surface area (Å²) in [4.78, 5) is 13.1. The van der Waals surface area contributed by atoms with Gasteiger partial charge < -0.3 is 14.8 Å². The lowest BCUT2D eigenvalue weighted by Crippen LogP contribution is -2.42. The van der Waals surface area contributed by atoms with Crippen LogP contribution in [0.2, 0.25) is 0 Å². The molecule has 4 rings (SSSR count). The number of rotatable bonds is 4. The summed E-state index contributed by atoms with van der Waals surface area (Å²) in [6.45, 7) is 1.25. The number of hydrogen-bond donors (Lipinski definition) is 1. The number of carbonyl (C=O) groups excluding carboxylic acids is 1. The van der Waals surface area contributed by atoms with Gasteiger partial charge in [0, 0.05) is 12.1 Å². The van der Waals surface area contributed by atoms with Crippen molar-refractivity contribution in [3.8, 4) is 11.5 Å². The molecule has 5 heteroatoms. The van der Waals surface area contributed by atoms with Crippen LogP contribution in [0.1, 0.15) is 36.8 Å². The average Bonchev–Trinajstić information content (AvgIpc) is 3.18. The van der Waals surface area contributed by atoms with Gasteiger partial charge in [0.1, 0.15) is 19.0 Å². The summed E-state index contributed by atoms with van der Waals surface area (Å²) in [5.41, 5.74) is 0.864. The third kappa shape index (κ3) is 3.02. The summed E-state index contributed by atoms with van der Waals surface area (Å²) in [6.07, 6.45) is 3.58. The van der Waals surface area contributed by atoms with Crippen LogP contribution in [0.5, 0.6) is 11.5 Å². The Morgan fingerprint density at radius 2 is 1.77 bits per heavy atom. The lowest BCUT2D eigenvalue weighted by atomic mass is 9.77. The van der Waals surface area contributed by atoms with Crippen molar-refractivity contribution in [2.45, 2.75) is 37.6 Å². The van der Waals surface area contributed by atoms with Crippen molar-refractivity contribution in [2.75, 3.05) is 13.2 Å². The highest BCUT2D eigenvalue weighted by atomic mass is 19.1. The SMILES string of the molecule is O=C(NCc1ccccc1F)C1(c2ccc3c(c2)OCCO3)CCCC1. The van der Waals surface area contributed by atoms with Crippen molar-refractivity contribution in [2.24, 2.45) is 0 Å². The zero-order valence-electron chi connectivity index (χ0n) is 14.6. The van der Waals surface area contributed by atoms with Crippen molar-refractivity contribution in [3.05, 3.63) is 59.4 Å². The first kappa shape index (κ1) is 16.9. The zero-order valence-corrected chi connectivity index (χ0v) is 14.6. The molecule has 136 valence electrons. The van der Waals surface area contributed by atoms with Crippen molar-refractivity contribution >= 4 is 5.91 Å². The van der Waals surface area contributed by atoms with Crippen LogP contribution in [-0.4, -0.2) is 19.1 Å². The lowest BCUT2D eigenvalue weighted by Gasteiger charge is -2.30. The monoisotopic (exact) mass is 355 g/mol. The van der Waals surface area contributed by atoms with Gasteiger partial charge in [-0.3, -0.25) is 4.79 Å².